The van der Waals surface area contributed by atoms with Crippen LogP contribution in [0.4, 0.5) is 0 Å². The molecule has 0 bridgehead atoms. The van der Waals surface area contributed by atoms with Gasteiger partial charge in [0.1, 0.15) is 5.75 Å². The van der Waals surface area contributed by atoms with E-state index < -0.39 is 11.9 Å². The van der Waals surface area contributed by atoms with Crippen LogP contribution in [0.3, 0.4) is 0 Å². The Morgan fingerprint density at radius 3 is 2.40 bits per heavy atom. The maximum absolute atomic E-state index is 12.6. The Bertz CT molecular complexity index is 1420. The Morgan fingerprint density at radius 2 is 1.60 bits per heavy atom. The number of nitrogens with zero attached hydrogens (tertiary/aromatic N) is 1. The van der Waals surface area contributed by atoms with Crippen LogP contribution in [0, 0.1) is 0 Å². The van der Waals surface area contributed by atoms with Gasteiger partial charge in [0.05, 0.1) is 18.3 Å². The number of ether oxygens (including phenoxy) is 1. The van der Waals surface area contributed by atoms with E-state index in [0.717, 1.165) is 15.2 Å². The number of fused-ring (bicyclic) bond motifs is 1. The first-order valence-electron chi connectivity index (χ1n) is 10.7. The van der Waals surface area contributed by atoms with E-state index in [-0.39, 0.29) is 12.5 Å². The van der Waals surface area contributed by atoms with Crippen LogP contribution in [0.1, 0.15) is 26.3 Å². The number of nitrogens with one attached hydrogen (secondary N) is 2. The lowest BCUT2D eigenvalue weighted by Gasteiger charge is -2.10. The van der Waals surface area contributed by atoms with Crippen molar-refractivity contribution < 1.29 is 19.1 Å². The lowest BCUT2D eigenvalue weighted by Crippen LogP contribution is -2.34. The highest BCUT2D eigenvalue weighted by Crippen LogP contribution is 2.27. The van der Waals surface area contributed by atoms with Crippen molar-refractivity contribution in [3.05, 3.63) is 112 Å². The zero-order chi connectivity index (χ0) is 24.6. The van der Waals surface area contributed by atoms with Crippen LogP contribution in [0.15, 0.2) is 101 Å². The molecule has 0 fully saturated rings. The number of carbonyl (C=O) groups is 3. The third-order valence-electron chi connectivity index (χ3n) is 5.02. The smallest absolute Gasteiger partial charge is 0.343 e. The molecule has 0 radical (unpaired) electrons. The van der Waals surface area contributed by atoms with Crippen LogP contribution in [0.25, 0.3) is 10.8 Å². The maximum Gasteiger partial charge on any atom is 0.343 e. The molecule has 2 N–H and O–H groups in total. The minimum atomic E-state index is -0.507. The molecule has 0 aliphatic heterocycles. The van der Waals surface area contributed by atoms with Gasteiger partial charge in [0.2, 0.25) is 0 Å². The standard InChI is InChI=1S/C27H20BrN3O4/c28-21-11-6-10-20(15-21)26(33)29-17-25(32)31-30-16-23-22-12-5-4-7-18(22)13-14-24(23)35-27(34)19-8-2-1-3-9-19/h1-16H,17H2,(H,29,33)(H,31,32)/b30-16-. The van der Waals surface area contributed by atoms with Crippen LogP contribution in [-0.2, 0) is 4.79 Å². The summed E-state index contributed by atoms with van der Waals surface area (Å²) >= 11 is 3.31. The van der Waals surface area contributed by atoms with Crippen molar-refractivity contribution >= 4 is 50.7 Å². The first-order chi connectivity index (χ1) is 17.0. The number of amides is 2. The number of halogens is 1. The predicted molar refractivity (Wildman–Crippen MR) is 138 cm³/mol. The summed E-state index contributed by atoms with van der Waals surface area (Å²) in [6, 6.07) is 26.6. The van der Waals surface area contributed by atoms with Crippen LogP contribution in [0.2, 0.25) is 0 Å². The van der Waals surface area contributed by atoms with Crippen LogP contribution in [0.5, 0.6) is 5.75 Å². The van der Waals surface area contributed by atoms with E-state index in [4.69, 9.17) is 4.74 Å². The molecule has 35 heavy (non-hydrogen) atoms. The molecular formula is C27H20BrN3O4. The van der Waals surface area contributed by atoms with Crippen molar-refractivity contribution in [1.29, 1.82) is 0 Å². The average Bonchev–Trinajstić information content (AvgIpc) is 2.88. The normalized spacial score (nSPS) is 10.8. The van der Waals surface area contributed by atoms with Gasteiger partial charge < -0.3 is 10.1 Å². The van der Waals surface area contributed by atoms with E-state index in [1.165, 1.54) is 6.21 Å². The second kappa shape index (κ2) is 11.2. The van der Waals surface area contributed by atoms with Crippen molar-refractivity contribution in [2.45, 2.75) is 0 Å². The molecule has 174 valence electrons. The molecule has 2 amide bonds. The molecule has 4 aromatic rings. The van der Waals surface area contributed by atoms with Crippen molar-refractivity contribution in [3.63, 3.8) is 0 Å². The number of hydrazone groups is 1. The third kappa shape index (κ3) is 6.18. The molecule has 0 aromatic heterocycles. The van der Waals surface area contributed by atoms with Crippen molar-refractivity contribution in [2.24, 2.45) is 5.10 Å². The molecule has 0 atom stereocenters. The summed E-state index contributed by atoms with van der Waals surface area (Å²) in [5.74, 6) is -1.09. The average molecular weight is 530 g/mol. The van der Waals surface area contributed by atoms with Gasteiger partial charge in [-0.25, -0.2) is 10.2 Å². The molecule has 7 nitrogen and oxygen atoms in total. The minimum Gasteiger partial charge on any atom is -0.422 e. The van der Waals surface area contributed by atoms with Gasteiger partial charge in [0.15, 0.2) is 0 Å². The summed E-state index contributed by atoms with van der Waals surface area (Å²) in [5, 5.41) is 8.28. The number of carbonyl (C=O) groups excluding carboxylic acids is 3. The summed E-state index contributed by atoms with van der Waals surface area (Å²) in [5.41, 5.74) is 3.77. The Balaban J connectivity index is 1.46. The van der Waals surface area contributed by atoms with Crippen LogP contribution < -0.4 is 15.5 Å². The molecular weight excluding hydrogens is 510 g/mol. The summed E-state index contributed by atoms with van der Waals surface area (Å²) in [6.07, 6.45) is 1.42. The zero-order valence-electron chi connectivity index (χ0n) is 18.4. The highest BCUT2D eigenvalue weighted by Gasteiger charge is 2.13. The van der Waals surface area contributed by atoms with Gasteiger partial charge in [-0.1, -0.05) is 70.5 Å². The lowest BCUT2D eigenvalue weighted by molar-refractivity contribution is -0.120. The van der Waals surface area contributed by atoms with Gasteiger partial charge in [0.25, 0.3) is 11.8 Å². The molecule has 0 aliphatic carbocycles. The molecule has 0 saturated heterocycles. The van der Waals surface area contributed by atoms with E-state index in [2.05, 4.69) is 31.8 Å². The number of hydrogen-bond acceptors (Lipinski definition) is 5. The number of rotatable bonds is 7. The fourth-order valence-electron chi connectivity index (χ4n) is 3.33. The molecule has 4 aromatic carbocycles. The van der Waals surface area contributed by atoms with E-state index >= 15 is 0 Å². The predicted octanol–water partition coefficient (Wildman–Crippen LogP) is 4.70. The topological polar surface area (TPSA) is 96.9 Å². The number of hydrogen-bond donors (Lipinski definition) is 2. The second-order valence-corrected chi connectivity index (χ2v) is 8.36. The summed E-state index contributed by atoms with van der Waals surface area (Å²) in [6.45, 7) is -0.256. The van der Waals surface area contributed by atoms with Gasteiger partial charge in [-0.3, -0.25) is 9.59 Å². The van der Waals surface area contributed by atoms with E-state index in [9.17, 15) is 14.4 Å². The van der Waals surface area contributed by atoms with Gasteiger partial charge in [-0.2, -0.15) is 5.10 Å². The Labute approximate surface area is 209 Å². The first-order valence-corrected chi connectivity index (χ1v) is 11.5. The highest BCUT2D eigenvalue weighted by molar-refractivity contribution is 9.10. The fraction of sp³-hybridized carbons (Fsp3) is 0.0370. The molecule has 4 rings (SSSR count). The summed E-state index contributed by atoms with van der Waals surface area (Å²) in [7, 11) is 0. The zero-order valence-corrected chi connectivity index (χ0v) is 20.0. The van der Waals surface area contributed by atoms with Crippen LogP contribution in [-0.4, -0.2) is 30.5 Å². The lowest BCUT2D eigenvalue weighted by atomic mass is 10.0. The minimum absolute atomic E-state index is 0.256. The molecule has 0 spiro atoms. The van der Waals surface area contributed by atoms with Crippen molar-refractivity contribution in [3.8, 4) is 5.75 Å². The molecule has 0 saturated carbocycles. The monoisotopic (exact) mass is 529 g/mol. The molecule has 0 aliphatic rings. The first kappa shape index (κ1) is 23.8. The van der Waals surface area contributed by atoms with Gasteiger partial charge in [0, 0.05) is 15.6 Å². The summed E-state index contributed by atoms with van der Waals surface area (Å²) in [4.78, 5) is 37.0. The molecule has 0 heterocycles. The Hall–Kier alpha value is -4.30. The quantitative estimate of drug-likeness (QED) is 0.157. The third-order valence-corrected chi connectivity index (χ3v) is 5.52. The van der Waals surface area contributed by atoms with Gasteiger partial charge >= 0.3 is 5.97 Å². The number of esters is 1. The maximum atomic E-state index is 12.6. The van der Waals surface area contributed by atoms with Crippen molar-refractivity contribution in [1.82, 2.24) is 10.7 Å². The van der Waals surface area contributed by atoms with E-state index in [1.807, 2.05) is 36.4 Å². The van der Waals surface area contributed by atoms with Crippen LogP contribution >= 0.6 is 15.9 Å². The van der Waals surface area contributed by atoms with E-state index in [1.54, 1.807) is 54.6 Å². The molecule has 8 heteroatoms. The summed E-state index contributed by atoms with van der Waals surface area (Å²) < 4.78 is 6.39. The Kier molecular flexibility index (Phi) is 7.64. The van der Waals surface area contributed by atoms with Gasteiger partial charge in [-0.15, -0.1) is 0 Å². The Morgan fingerprint density at radius 1 is 0.857 bits per heavy atom. The van der Waals surface area contributed by atoms with Crippen molar-refractivity contribution in [2.75, 3.05) is 6.54 Å². The highest BCUT2D eigenvalue weighted by atomic mass is 79.9. The fourth-order valence-corrected chi connectivity index (χ4v) is 3.73. The van der Waals surface area contributed by atoms with Gasteiger partial charge in [-0.05, 0) is 47.2 Å². The molecule has 0 unspecified atom stereocenters. The van der Waals surface area contributed by atoms with E-state index in [0.29, 0.717) is 22.4 Å². The number of benzene rings is 4. The second-order valence-electron chi connectivity index (χ2n) is 7.44. The largest absolute Gasteiger partial charge is 0.422 e. The SMILES string of the molecule is O=C(CNC(=O)c1cccc(Br)c1)N/N=C\c1c(OC(=O)c2ccccc2)ccc2ccccc12.